The maximum absolute atomic E-state index is 3.91. The molecule has 0 amide bonds. The first-order valence-electron chi connectivity index (χ1n) is 20.3. The number of alkyl halides is 1. The van der Waals surface area contributed by atoms with Crippen LogP contribution in [0.25, 0.3) is 0 Å². The molecule has 0 radical (unpaired) electrons. The lowest BCUT2D eigenvalue weighted by Gasteiger charge is -2.45. The molecule has 0 saturated carbocycles. The second kappa shape index (κ2) is 15.2. The van der Waals surface area contributed by atoms with E-state index < -0.39 is 15.1 Å². The lowest BCUT2D eigenvalue weighted by atomic mass is 9.72. The number of hydrogen-bond acceptors (Lipinski definition) is 0. The molecule has 0 bridgehead atoms. The molecule has 3 heteroatoms. The van der Waals surface area contributed by atoms with Gasteiger partial charge in [0.25, 0.3) is 0 Å². The summed E-state index contributed by atoms with van der Waals surface area (Å²) in [5.74, 6) is 0. The van der Waals surface area contributed by atoms with Gasteiger partial charge in [0, 0.05) is 21.6 Å². The number of benzene rings is 3. The molecule has 1 atom stereocenters. The summed E-state index contributed by atoms with van der Waals surface area (Å²) in [7, 11) is -1.21. The van der Waals surface area contributed by atoms with E-state index in [0.717, 1.165) is 11.5 Å². The minimum absolute atomic E-state index is 0.00602. The first kappa shape index (κ1) is 44.3. The molecule has 0 saturated heterocycles. The van der Waals surface area contributed by atoms with E-state index in [2.05, 4.69) is 203 Å². The van der Waals surface area contributed by atoms with E-state index in [1.165, 1.54) is 28.7 Å². The zero-order valence-corrected chi connectivity index (χ0v) is 41.0. The van der Waals surface area contributed by atoms with Crippen LogP contribution in [0.2, 0.25) is 0 Å². The zero-order valence-electron chi connectivity index (χ0n) is 37.6. The van der Waals surface area contributed by atoms with E-state index in [1.54, 1.807) is 33.4 Å². The van der Waals surface area contributed by atoms with E-state index in [0.29, 0.717) is 5.66 Å². The van der Waals surface area contributed by atoms with Gasteiger partial charge in [0.15, 0.2) is 0 Å². The largest absolute Gasteiger partial charge is 0.103 e. The average molecular weight is 818 g/mol. The Morgan fingerprint density at radius 3 is 1.09 bits per heavy atom. The van der Waals surface area contributed by atoms with Crippen LogP contribution in [0.15, 0.2) is 48.5 Å². The second-order valence-corrected chi connectivity index (χ2v) is 28.0. The summed E-state index contributed by atoms with van der Waals surface area (Å²) in [6.07, 6.45) is 2.28. The van der Waals surface area contributed by atoms with Crippen LogP contribution in [0, 0.1) is 0 Å². The first-order chi connectivity index (χ1) is 23.9. The minimum atomic E-state index is -0.641. The van der Waals surface area contributed by atoms with Crippen LogP contribution in [-0.4, -0.2) is 15.7 Å². The van der Waals surface area contributed by atoms with Crippen molar-refractivity contribution >= 4 is 41.1 Å². The molecule has 292 valence electrons. The van der Waals surface area contributed by atoms with Gasteiger partial charge in [0.05, 0.1) is 0 Å². The summed E-state index contributed by atoms with van der Waals surface area (Å²) in [4.78, 5) is 0. The van der Waals surface area contributed by atoms with Gasteiger partial charge < -0.3 is 0 Å². The third-order valence-electron chi connectivity index (χ3n) is 11.3. The van der Waals surface area contributed by atoms with Crippen LogP contribution < -0.4 is 0 Å². The molecule has 0 aromatic heterocycles. The fraction of sp³-hybridized carbons (Fsp3) is 0.600. The Morgan fingerprint density at radius 2 is 0.830 bits per heavy atom. The molecule has 1 aliphatic heterocycles. The normalized spacial score (nSPS) is 17.7. The highest BCUT2D eigenvalue weighted by atomic mass is 79.9. The summed E-state index contributed by atoms with van der Waals surface area (Å²) in [5, 5.41) is 4.52. The van der Waals surface area contributed by atoms with Gasteiger partial charge in [-0.15, -0.1) is 7.17 Å². The van der Waals surface area contributed by atoms with E-state index in [-0.39, 0.29) is 32.5 Å². The Labute approximate surface area is 338 Å². The molecule has 0 fully saturated rings. The summed E-state index contributed by atoms with van der Waals surface area (Å²) >= 11 is 3.91. The molecule has 0 aliphatic carbocycles. The van der Waals surface area contributed by atoms with E-state index >= 15 is 0 Å². The Morgan fingerprint density at radius 1 is 0.509 bits per heavy atom. The van der Waals surface area contributed by atoms with Crippen LogP contribution in [-0.2, 0) is 44.0 Å². The van der Waals surface area contributed by atoms with E-state index in [1.807, 2.05) is 10.1 Å². The maximum atomic E-state index is 3.91. The average Bonchev–Trinajstić information content (AvgIpc) is 2.99. The van der Waals surface area contributed by atoms with Gasteiger partial charge in [-0.05, 0) is 108 Å². The zero-order chi connectivity index (χ0) is 40.4. The van der Waals surface area contributed by atoms with Crippen LogP contribution in [0.5, 0.6) is 0 Å². The second-order valence-electron chi connectivity index (χ2n) is 22.2. The SMILES string of the molecule is CCC(C)P1C(c2c(C(C)(C)C)cc(C(C)(C)C)cc2C(C)(C)C)=P(Cc2ccccc2CBr)=C1c1c(C(C)(C)C)cc(C(C)(C)C)cc1C(C)(C)C. The van der Waals surface area contributed by atoms with Gasteiger partial charge in [-0.25, -0.2) is 0 Å². The van der Waals surface area contributed by atoms with Crippen molar-refractivity contribution < 1.29 is 0 Å². The predicted molar refractivity (Wildman–Crippen MR) is 250 cm³/mol. The van der Waals surface area contributed by atoms with Crippen LogP contribution in [0.1, 0.15) is 201 Å². The van der Waals surface area contributed by atoms with Crippen LogP contribution >= 0.6 is 31.0 Å². The molecule has 0 nitrogen and oxygen atoms in total. The summed E-state index contributed by atoms with van der Waals surface area (Å²) in [6.45, 7) is 48.9. The van der Waals surface area contributed by atoms with Gasteiger partial charge in [-0.1, -0.05) is 203 Å². The minimum Gasteiger partial charge on any atom is -0.103 e. The Bertz CT molecular complexity index is 1740. The highest BCUT2D eigenvalue weighted by molar-refractivity contribution is 9.08. The topological polar surface area (TPSA) is 0 Å². The fourth-order valence-corrected chi connectivity index (χ4v) is 17.0. The van der Waals surface area contributed by atoms with Gasteiger partial charge in [-0.2, -0.15) is 0 Å². The summed E-state index contributed by atoms with van der Waals surface area (Å²) in [5.41, 5.74) is 16.1. The smallest absolute Gasteiger partial charge is 0.0286 e. The predicted octanol–water partition coefficient (Wildman–Crippen LogP) is 16.0. The standard InChI is InChI=1S/C50H75BrP2/c1-21-32(2)53-43(41-37(47(9,10)11)26-35(45(3,4)5)27-38(41)48(12,13)14)52(31-34-25-23-22-24-33(34)30-51)44(53)42-39(49(15,16)17)28-36(46(6,7)8)29-40(42)50(18,19)20/h22-29,32H,21,30-31H2,1-20H3. The molecular weight excluding hydrogens is 742 g/mol. The van der Waals surface area contributed by atoms with Gasteiger partial charge >= 0.3 is 0 Å². The van der Waals surface area contributed by atoms with Crippen molar-refractivity contribution in [3.63, 3.8) is 0 Å². The highest BCUT2D eigenvalue weighted by Gasteiger charge is 2.44. The van der Waals surface area contributed by atoms with Crippen molar-refractivity contribution in [3.05, 3.63) is 104 Å². The highest BCUT2D eigenvalue weighted by Crippen LogP contribution is 2.67. The Balaban J connectivity index is 2.45. The van der Waals surface area contributed by atoms with Crippen molar-refractivity contribution in [3.8, 4) is 0 Å². The number of halogens is 1. The molecule has 3 aromatic carbocycles. The quantitative estimate of drug-likeness (QED) is 0.165. The number of rotatable bonds is 7. The van der Waals surface area contributed by atoms with Gasteiger partial charge in [0.2, 0.25) is 0 Å². The third kappa shape index (κ3) is 9.27. The maximum Gasteiger partial charge on any atom is 0.0286 e. The molecule has 1 unspecified atom stereocenters. The van der Waals surface area contributed by atoms with Crippen molar-refractivity contribution in [2.24, 2.45) is 0 Å². The molecule has 1 heterocycles. The third-order valence-corrected chi connectivity index (χ3v) is 19.4. The van der Waals surface area contributed by atoms with Crippen LogP contribution in [0.3, 0.4) is 0 Å². The molecule has 4 rings (SSSR count). The summed E-state index contributed by atoms with van der Waals surface area (Å²) in [6, 6.07) is 19.8. The first-order valence-corrected chi connectivity index (χ1v) is 24.3. The molecule has 0 N–H and O–H groups in total. The Kier molecular flexibility index (Phi) is 12.7. The van der Waals surface area contributed by atoms with Crippen molar-refractivity contribution in [2.45, 2.75) is 195 Å². The van der Waals surface area contributed by atoms with E-state index in [9.17, 15) is 0 Å². The molecule has 1 aliphatic rings. The van der Waals surface area contributed by atoms with E-state index in [4.69, 9.17) is 0 Å². The molecule has 3 aromatic rings. The monoisotopic (exact) mass is 816 g/mol. The van der Waals surface area contributed by atoms with Gasteiger partial charge in [-0.3, -0.25) is 0 Å². The van der Waals surface area contributed by atoms with Crippen molar-refractivity contribution in [1.29, 1.82) is 0 Å². The van der Waals surface area contributed by atoms with Gasteiger partial charge in [0.1, 0.15) is 0 Å². The lowest BCUT2D eigenvalue weighted by molar-refractivity contribution is 0.546. The fourth-order valence-electron chi connectivity index (χ4n) is 7.69. The Hall–Kier alpha value is -1.39. The lowest BCUT2D eigenvalue weighted by Crippen LogP contribution is -2.33. The van der Waals surface area contributed by atoms with Crippen molar-refractivity contribution in [2.75, 3.05) is 0 Å². The van der Waals surface area contributed by atoms with Crippen LogP contribution in [0.4, 0.5) is 0 Å². The number of hydrogen-bond donors (Lipinski definition) is 0. The summed E-state index contributed by atoms with van der Waals surface area (Å²) < 4.78 is 0. The molecular formula is C50H75BrP2. The molecule has 0 spiro atoms. The molecule has 53 heavy (non-hydrogen) atoms. The van der Waals surface area contributed by atoms with Crippen molar-refractivity contribution in [1.82, 2.24) is 0 Å².